The Morgan fingerprint density at radius 2 is 1.95 bits per heavy atom. The number of para-hydroxylation sites is 1. The second-order valence-electron chi connectivity index (χ2n) is 4.24. The van der Waals surface area contributed by atoms with Crippen LogP contribution in [0.25, 0.3) is 0 Å². The van der Waals surface area contributed by atoms with Gasteiger partial charge in [0.2, 0.25) is 0 Å². The first-order valence-electron chi connectivity index (χ1n) is 6.44. The zero-order valence-corrected chi connectivity index (χ0v) is 11.3. The van der Waals surface area contributed by atoms with E-state index in [-0.39, 0.29) is 12.5 Å². The molecule has 2 N–H and O–H groups in total. The summed E-state index contributed by atoms with van der Waals surface area (Å²) in [6.07, 6.45) is 0.786. The summed E-state index contributed by atoms with van der Waals surface area (Å²) < 4.78 is 0. The van der Waals surface area contributed by atoms with Crippen molar-refractivity contribution in [3.63, 3.8) is 0 Å². The summed E-state index contributed by atoms with van der Waals surface area (Å²) in [5, 5.41) is 11.6. The minimum atomic E-state index is -0.914. The van der Waals surface area contributed by atoms with E-state index in [9.17, 15) is 9.59 Å². The summed E-state index contributed by atoms with van der Waals surface area (Å²) in [5.41, 5.74) is 1.17. The van der Waals surface area contributed by atoms with E-state index in [4.69, 9.17) is 5.11 Å². The van der Waals surface area contributed by atoms with Crippen LogP contribution >= 0.6 is 0 Å². The van der Waals surface area contributed by atoms with Gasteiger partial charge < -0.3 is 15.3 Å². The SMILES string of the molecule is CCCN(CC)C(=O)Nc1ccccc1CC(=O)O. The molecule has 1 aromatic rings. The van der Waals surface area contributed by atoms with Crippen LogP contribution in [0.1, 0.15) is 25.8 Å². The molecular formula is C14H20N2O3. The number of nitrogens with one attached hydrogen (secondary N) is 1. The fourth-order valence-corrected chi connectivity index (χ4v) is 1.83. The van der Waals surface area contributed by atoms with E-state index < -0.39 is 5.97 Å². The first kappa shape index (κ1) is 15.0. The van der Waals surface area contributed by atoms with Crippen LogP contribution in [0.5, 0.6) is 0 Å². The average molecular weight is 264 g/mol. The molecule has 0 aliphatic heterocycles. The molecule has 0 unspecified atom stereocenters. The highest BCUT2D eigenvalue weighted by Gasteiger charge is 2.13. The maximum Gasteiger partial charge on any atom is 0.321 e. The van der Waals surface area contributed by atoms with Crippen LogP contribution in [-0.2, 0) is 11.2 Å². The molecule has 0 saturated carbocycles. The van der Waals surface area contributed by atoms with Gasteiger partial charge in [0.1, 0.15) is 0 Å². The highest BCUT2D eigenvalue weighted by Crippen LogP contribution is 2.16. The van der Waals surface area contributed by atoms with Crippen molar-refractivity contribution in [2.75, 3.05) is 18.4 Å². The lowest BCUT2D eigenvalue weighted by Gasteiger charge is -2.21. The van der Waals surface area contributed by atoms with Crippen molar-refractivity contribution in [3.05, 3.63) is 29.8 Å². The summed E-state index contributed by atoms with van der Waals surface area (Å²) in [5.74, 6) is -0.914. The number of carbonyl (C=O) groups excluding carboxylic acids is 1. The first-order valence-corrected chi connectivity index (χ1v) is 6.44. The molecule has 0 aliphatic carbocycles. The highest BCUT2D eigenvalue weighted by molar-refractivity contribution is 5.91. The normalized spacial score (nSPS) is 10.0. The molecular weight excluding hydrogens is 244 g/mol. The smallest absolute Gasteiger partial charge is 0.321 e. The minimum Gasteiger partial charge on any atom is -0.481 e. The Balaban J connectivity index is 2.80. The number of urea groups is 1. The van der Waals surface area contributed by atoms with Gasteiger partial charge in [0.05, 0.1) is 6.42 Å². The molecule has 19 heavy (non-hydrogen) atoms. The van der Waals surface area contributed by atoms with Gasteiger partial charge in [-0.2, -0.15) is 0 Å². The predicted octanol–water partition coefficient (Wildman–Crippen LogP) is 2.58. The monoisotopic (exact) mass is 264 g/mol. The third kappa shape index (κ3) is 4.62. The van der Waals surface area contributed by atoms with Crippen LogP contribution in [0.15, 0.2) is 24.3 Å². The van der Waals surface area contributed by atoms with E-state index in [1.807, 2.05) is 13.8 Å². The van der Waals surface area contributed by atoms with Gasteiger partial charge in [0.25, 0.3) is 0 Å². The summed E-state index contributed by atoms with van der Waals surface area (Å²) >= 11 is 0. The number of aliphatic carboxylic acids is 1. The molecule has 0 spiro atoms. The molecule has 0 saturated heterocycles. The predicted molar refractivity (Wildman–Crippen MR) is 74.3 cm³/mol. The van der Waals surface area contributed by atoms with Gasteiger partial charge in [-0.25, -0.2) is 4.79 Å². The molecule has 1 rings (SSSR count). The van der Waals surface area contributed by atoms with Crippen molar-refractivity contribution >= 4 is 17.7 Å². The summed E-state index contributed by atoms with van der Waals surface area (Å²) in [7, 11) is 0. The molecule has 5 heteroatoms. The number of carbonyl (C=O) groups is 2. The maximum atomic E-state index is 12.0. The number of carboxylic acids is 1. The number of rotatable bonds is 6. The lowest BCUT2D eigenvalue weighted by atomic mass is 10.1. The van der Waals surface area contributed by atoms with E-state index in [2.05, 4.69) is 5.32 Å². The van der Waals surface area contributed by atoms with Crippen molar-refractivity contribution in [3.8, 4) is 0 Å². The van der Waals surface area contributed by atoms with Crippen LogP contribution in [0.2, 0.25) is 0 Å². The molecule has 1 aromatic carbocycles. The zero-order valence-electron chi connectivity index (χ0n) is 11.3. The van der Waals surface area contributed by atoms with Crippen LogP contribution in [-0.4, -0.2) is 35.1 Å². The van der Waals surface area contributed by atoms with E-state index in [0.717, 1.165) is 6.42 Å². The Bertz CT molecular complexity index is 446. The molecule has 104 valence electrons. The topological polar surface area (TPSA) is 69.6 Å². The van der Waals surface area contributed by atoms with Gasteiger partial charge in [-0.3, -0.25) is 4.79 Å². The van der Waals surface area contributed by atoms with Gasteiger partial charge >= 0.3 is 12.0 Å². The Kier molecular flexibility index (Phi) is 5.85. The number of carboxylic acid groups (broad SMARTS) is 1. The summed E-state index contributed by atoms with van der Waals surface area (Å²) in [4.78, 5) is 24.5. The molecule has 0 fully saturated rings. The summed E-state index contributed by atoms with van der Waals surface area (Å²) in [6.45, 7) is 5.23. The van der Waals surface area contributed by atoms with E-state index in [1.54, 1.807) is 29.2 Å². The fourth-order valence-electron chi connectivity index (χ4n) is 1.83. The minimum absolute atomic E-state index is 0.101. The Morgan fingerprint density at radius 1 is 1.26 bits per heavy atom. The second-order valence-corrected chi connectivity index (χ2v) is 4.24. The number of hydrogen-bond acceptors (Lipinski definition) is 2. The Labute approximate surface area is 113 Å². The third-order valence-corrected chi connectivity index (χ3v) is 2.76. The number of nitrogens with zero attached hydrogens (tertiary/aromatic N) is 1. The third-order valence-electron chi connectivity index (χ3n) is 2.76. The van der Waals surface area contributed by atoms with E-state index >= 15 is 0 Å². The van der Waals surface area contributed by atoms with Crippen LogP contribution < -0.4 is 5.32 Å². The van der Waals surface area contributed by atoms with Gasteiger partial charge in [0, 0.05) is 18.8 Å². The molecule has 0 aromatic heterocycles. The van der Waals surface area contributed by atoms with Crippen molar-refractivity contribution in [1.82, 2.24) is 4.90 Å². The molecule has 0 atom stereocenters. The molecule has 0 heterocycles. The van der Waals surface area contributed by atoms with Crippen LogP contribution in [0.3, 0.4) is 0 Å². The number of amides is 2. The second kappa shape index (κ2) is 7.41. The van der Waals surface area contributed by atoms with Crippen molar-refractivity contribution < 1.29 is 14.7 Å². The lowest BCUT2D eigenvalue weighted by molar-refractivity contribution is -0.136. The van der Waals surface area contributed by atoms with Crippen LogP contribution in [0.4, 0.5) is 10.5 Å². The van der Waals surface area contributed by atoms with Crippen molar-refractivity contribution in [2.24, 2.45) is 0 Å². The number of benzene rings is 1. The van der Waals surface area contributed by atoms with Gasteiger partial charge in [0.15, 0.2) is 0 Å². The van der Waals surface area contributed by atoms with Gasteiger partial charge in [-0.15, -0.1) is 0 Å². The first-order chi connectivity index (χ1) is 9.08. The van der Waals surface area contributed by atoms with E-state index in [0.29, 0.717) is 24.3 Å². The average Bonchev–Trinajstić information content (AvgIpc) is 2.37. The van der Waals surface area contributed by atoms with Gasteiger partial charge in [-0.05, 0) is 25.0 Å². The molecule has 2 amide bonds. The Hall–Kier alpha value is -2.04. The summed E-state index contributed by atoms with van der Waals surface area (Å²) in [6, 6.07) is 6.77. The molecule has 5 nitrogen and oxygen atoms in total. The van der Waals surface area contributed by atoms with E-state index in [1.165, 1.54) is 0 Å². The molecule has 0 aliphatic rings. The maximum absolute atomic E-state index is 12.0. The molecule has 0 bridgehead atoms. The largest absolute Gasteiger partial charge is 0.481 e. The fraction of sp³-hybridized carbons (Fsp3) is 0.429. The Morgan fingerprint density at radius 3 is 2.53 bits per heavy atom. The van der Waals surface area contributed by atoms with Crippen molar-refractivity contribution in [2.45, 2.75) is 26.7 Å². The van der Waals surface area contributed by atoms with Gasteiger partial charge in [-0.1, -0.05) is 25.1 Å². The van der Waals surface area contributed by atoms with Crippen molar-refractivity contribution in [1.29, 1.82) is 0 Å². The molecule has 0 radical (unpaired) electrons. The highest BCUT2D eigenvalue weighted by atomic mass is 16.4. The number of hydrogen-bond donors (Lipinski definition) is 2. The quantitative estimate of drug-likeness (QED) is 0.829. The van der Waals surface area contributed by atoms with Crippen LogP contribution in [0, 0.1) is 0 Å². The number of anilines is 1. The lowest BCUT2D eigenvalue weighted by Crippen LogP contribution is -2.35. The standard InChI is InChI=1S/C14H20N2O3/c1-3-9-16(4-2)14(19)15-12-8-6-5-7-11(12)10-13(17)18/h5-8H,3-4,9-10H2,1-2H3,(H,15,19)(H,17,18). The zero-order chi connectivity index (χ0) is 14.3.